The summed E-state index contributed by atoms with van der Waals surface area (Å²) in [7, 11) is 2.19. The fourth-order valence-electron chi connectivity index (χ4n) is 4.69. The van der Waals surface area contributed by atoms with E-state index in [1.54, 1.807) is 0 Å². The monoisotopic (exact) mass is 313 g/mol. The molecule has 124 valence electrons. The number of piperidine rings is 2. The molecule has 0 unspecified atom stereocenters. The van der Waals surface area contributed by atoms with Crippen molar-refractivity contribution in [3.05, 3.63) is 36.0 Å². The van der Waals surface area contributed by atoms with Crippen LogP contribution in [-0.2, 0) is 6.54 Å². The summed E-state index contributed by atoms with van der Waals surface area (Å²) in [5, 5.41) is 11.9. The molecule has 2 aliphatic rings. The van der Waals surface area contributed by atoms with Crippen LogP contribution >= 0.6 is 0 Å². The minimum atomic E-state index is -0.150. The molecule has 2 fully saturated rings. The third-order valence-electron chi connectivity index (χ3n) is 5.83. The Morgan fingerprint density at radius 2 is 2.17 bits per heavy atom. The maximum Gasteiger partial charge on any atom is 0.0633 e. The molecule has 0 aliphatic carbocycles. The molecule has 2 aliphatic heterocycles. The first kappa shape index (κ1) is 15.2. The van der Waals surface area contributed by atoms with Gasteiger partial charge in [0.2, 0.25) is 0 Å². The van der Waals surface area contributed by atoms with Crippen molar-refractivity contribution >= 4 is 10.9 Å². The molecule has 0 radical (unpaired) electrons. The van der Waals surface area contributed by atoms with Gasteiger partial charge in [0.25, 0.3) is 0 Å². The Bertz CT molecular complexity index is 682. The molecule has 1 aromatic carbocycles. The number of aliphatic hydroxyl groups excluding tert-OH is 1. The van der Waals surface area contributed by atoms with E-state index < -0.39 is 0 Å². The van der Waals surface area contributed by atoms with Gasteiger partial charge in [-0.1, -0.05) is 18.2 Å². The number of aliphatic hydroxyl groups is 1. The van der Waals surface area contributed by atoms with Crippen LogP contribution in [0.25, 0.3) is 10.9 Å². The third-order valence-corrected chi connectivity index (χ3v) is 5.83. The van der Waals surface area contributed by atoms with Crippen LogP contribution in [0.15, 0.2) is 30.5 Å². The van der Waals surface area contributed by atoms with Gasteiger partial charge in [-0.25, -0.2) is 0 Å². The number of rotatable bonds is 2. The maximum atomic E-state index is 10.7. The Hall–Kier alpha value is -1.36. The number of aromatic nitrogens is 1. The molecule has 2 aromatic rings. The zero-order valence-electron chi connectivity index (χ0n) is 14.0. The summed E-state index contributed by atoms with van der Waals surface area (Å²) in [6.45, 7) is 5.16. The fourth-order valence-corrected chi connectivity index (χ4v) is 4.69. The van der Waals surface area contributed by atoms with Crippen molar-refractivity contribution in [1.82, 2.24) is 14.8 Å². The van der Waals surface area contributed by atoms with E-state index in [1.165, 1.54) is 22.9 Å². The predicted octanol–water partition coefficient (Wildman–Crippen LogP) is 2.45. The fraction of sp³-hybridized carbons (Fsp3) is 0.579. The molecule has 4 heteroatoms. The topological polar surface area (TPSA) is 42.5 Å². The van der Waals surface area contributed by atoms with Crippen molar-refractivity contribution in [2.75, 3.05) is 33.2 Å². The highest BCUT2D eigenvalue weighted by molar-refractivity contribution is 5.82. The molecule has 0 saturated carbocycles. The lowest BCUT2D eigenvalue weighted by molar-refractivity contribution is -0.0807. The van der Waals surface area contributed by atoms with Crippen molar-refractivity contribution in [3.8, 4) is 0 Å². The molecular formula is C19H27N3O. The van der Waals surface area contributed by atoms with Crippen molar-refractivity contribution in [1.29, 1.82) is 0 Å². The van der Waals surface area contributed by atoms with Crippen molar-refractivity contribution < 1.29 is 5.11 Å². The Kier molecular flexibility index (Phi) is 3.92. The predicted molar refractivity (Wildman–Crippen MR) is 93.4 cm³/mol. The lowest BCUT2D eigenvalue weighted by Gasteiger charge is -2.50. The lowest BCUT2D eigenvalue weighted by atomic mass is 9.71. The highest BCUT2D eigenvalue weighted by Gasteiger charge is 2.44. The van der Waals surface area contributed by atoms with E-state index in [1.807, 2.05) is 6.20 Å². The second-order valence-electron chi connectivity index (χ2n) is 7.58. The standard InChI is InChI=1S/C19H27N3O/c1-21-11-7-17(23)19(13-21)8-3-10-22(14-19)12-16-5-2-4-15-6-9-20-18(15)16/h2,4-6,9,17,20,23H,3,7-8,10-14H2,1H3/t17-,19-/m0/s1. The minimum absolute atomic E-state index is 0.0644. The van der Waals surface area contributed by atoms with Gasteiger partial charge in [0, 0.05) is 43.3 Å². The van der Waals surface area contributed by atoms with Crippen LogP contribution in [0.4, 0.5) is 0 Å². The lowest BCUT2D eigenvalue weighted by Crippen LogP contribution is -2.58. The number of likely N-dealkylation sites (tertiary alicyclic amines) is 2. The van der Waals surface area contributed by atoms with Gasteiger partial charge in [0.05, 0.1) is 6.10 Å². The molecule has 1 aromatic heterocycles. The SMILES string of the molecule is CN1CC[C@H](O)[C@@]2(CCCN(Cc3cccc4cc[nH]c34)C2)C1. The molecule has 3 heterocycles. The summed E-state index contributed by atoms with van der Waals surface area (Å²) in [5.41, 5.74) is 2.69. The molecule has 2 N–H and O–H groups in total. The largest absolute Gasteiger partial charge is 0.392 e. The summed E-state index contributed by atoms with van der Waals surface area (Å²) in [6.07, 6.45) is 5.12. The van der Waals surface area contributed by atoms with E-state index >= 15 is 0 Å². The molecule has 0 bridgehead atoms. The normalized spacial score (nSPS) is 30.3. The molecule has 2 saturated heterocycles. The molecule has 4 nitrogen and oxygen atoms in total. The number of aromatic amines is 1. The smallest absolute Gasteiger partial charge is 0.0633 e. The van der Waals surface area contributed by atoms with Crippen LogP contribution < -0.4 is 0 Å². The number of nitrogens with zero attached hydrogens (tertiary/aromatic N) is 2. The van der Waals surface area contributed by atoms with Gasteiger partial charge in [-0.2, -0.15) is 0 Å². The van der Waals surface area contributed by atoms with E-state index in [0.29, 0.717) is 0 Å². The summed E-state index contributed by atoms with van der Waals surface area (Å²) in [5.74, 6) is 0. The third kappa shape index (κ3) is 2.80. The molecule has 0 amide bonds. The van der Waals surface area contributed by atoms with Gasteiger partial charge in [-0.3, -0.25) is 4.90 Å². The van der Waals surface area contributed by atoms with Crippen LogP contribution in [0.2, 0.25) is 0 Å². The van der Waals surface area contributed by atoms with E-state index in [2.05, 4.69) is 46.1 Å². The molecule has 4 rings (SSSR count). The van der Waals surface area contributed by atoms with Crippen LogP contribution in [0.5, 0.6) is 0 Å². The van der Waals surface area contributed by atoms with Crippen molar-refractivity contribution in [3.63, 3.8) is 0 Å². The number of H-pyrrole nitrogens is 1. The highest BCUT2D eigenvalue weighted by Crippen LogP contribution is 2.39. The van der Waals surface area contributed by atoms with Crippen LogP contribution in [-0.4, -0.2) is 59.2 Å². The summed E-state index contributed by atoms with van der Waals surface area (Å²) in [6, 6.07) is 8.67. The summed E-state index contributed by atoms with van der Waals surface area (Å²) < 4.78 is 0. The molecule has 23 heavy (non-hydrogen) atoms. The van der Waals surface area contributed by atoms with Gasteiger partial charge in [0.15, 0.2) is 0 Å². The Labute approximate surface area is 138 Å². The number of hydrogen-bond acceptors (Lipinski definition) is 3. The first-order valence-corrected chi connectivity index (χ1v) is 8.80. The minimum Gasteiger partial charge on any atom is -0.392 e. The quantitative estimate of drug-likeness (QED) is 0.895. The average Bonchev–Trinajstić information content (AvgIpc) is 3.01. The van der Waals surface area contributed by atoms with Gasteiger partial charge < -0.3 is 15.0 Å². The maximum absolute atomic E-state index is 10.7. The second-order valence-corrected chi connectivity index (χ2v) is 7.58. The zero-order chi connectivity index (χ0) is 15.9. The van der Waals surface area contributed by atoms with Gasteiger partial charge in [0.1, 0.15) is 0 Å². The number of para-hydroxylation sites is 1. The van der Waals surface area contributed by atoms with Gasteiger partial charge in [-0.05, 0) is 49.9 Å². The van der Waals surface area contributed by atoms with E-state index in [0.717, 1.165) is 45.6 Å². The summed E-state index contributed by atoms with van der Waals surface area (Å²) in [4.78, 5) is 8.31. The van der Waals surface area contributed by atoms with Crippen molar-refractivity contribution in [2.24, 2.45) is 5.41 Å². The van der Waals surface area contributed by atoms with E-state index in [9.17, 15) is 5.11 Å². The van der Waals surface area contributed by atoms with E-state index in [-0.39, 0.29) is 11.5 Å². The first-order chi connectivity index (χ1) is 11.2. The number of hydrogen-bond donors (Lipinski definition) is 2. The molecular weight excluding hydrogens is 286 g/mol. The molecule has 2 atom stereocenters. The Morgan fingerprint density at radius 3 is 3.09 bits per heavy atom. The number of nitrogens with one attached hydrogen (secondary N) is 1. The van der Waals surface area contributed by atoms with Gasteiger partial charge in [-0.15, -0.1) is 0 Å². The second kappa shape index (κ2) is 5.93. The van der Waals surface area contributed by atoms with Crippen LogP contribution in [0.1, 0.15) is 24.8 Å². The highest BCUT2D eigenvalue weighted by atomic mass is 16.3. The first-order valence-electron chi connectivity index (χ1n) is 8.80. The number of fused-ring (bicyclic) bond motifs is 1. The van der Waals surface area contributed by atoms with E-state index in [4.69, 9.17) is 0 Å². The molecule has 1 spiro atoms. The Balaban J connectivity index is 1.54. The zero-order valence-corrected chi connectivity index (χ0v) is 14.0. The average molecular weight is 313 g/mol. The summed E-state index contributed by atoms with van der Waals surface area (Å²) >= 11 is 0. The van der Waals surface area contributed by atoms with Gasteiger partial charge >= 0.3 is 0 Å². The van der Waals surface area contributed by atoms with Crippen molar-refractivity contribution in [2.45, 2.75) is 31.9 Å². The number of benzene rings is 1. The van der Waals surface area contributed by atoms with Crippen LogP contribution in [0, 0.1) is 5.41 Å². The van der Waals surface area contributed by atoms with Crippen LogP contribution in [0.3, 0.4) is 0 Å². The Morgan fingerprint density at radius 1 is 1.26 bits per heavy atom.